The Hall–Kier alpha value is -0.560. The monoisotopic (exact) mass is 185 g/mol. The molecule has 0 saturated heterocycles. The van der Waals surface area contributed by atoms with Crippen LogP contribution in [-0.2, 0) is 6.42 Å². The fraction of sp³-hybridized carbons (Fsp3) is 0.500. The first-order valence-electron chi connectivity index (χ1n) is 4.35. The molecule has 2 heteroatoms. The molecule has 1 heterocycles. The molecule has 1 rings (SSSR count). The molecule has 0 radical (unpaired) electrons. The lowest BCUT2D eigenvalue weighted by Crippen LogP contribution is -1.89. The van der Waals surface area contributed by atoms with Gasteiger partial charge in [-0.2, -0.15) is 0 Å². The van der Waals surface area contributed by atoms with E-state index in [0.29, 0.717) is 5.15 Å². The van der Waals surface area contributed by atoms with Gasteiger partial charge in [-0.1, -0.05) is 32.4 Å². The van der Waals surface area contributed by atoms with Crippen LogP contribution >= 0.6 is 11.6 Å². The van der Waals surface area contributed by atoms with E-state index in [0.717, 1.165) is 12.0 Å². The van der Waals surface area contributed by atoms with Gasteiger partial charge in [0, 0.05) is 6.20 Å². The maximum absolute atomic E-state index is 5.82. The van der Waals surface area contributed by atoms with Crippen molar-refractivity contribution in [2.45, 2.75) is 34.1 Å². The Morgan fingerprint density at radius 2 is 2.00 bits per heavy atom. The van der Waals surface area contributed by atoms with E-state index in [1.54, 1.807) is 6.20 Å². The summed E-state index contributed by atoms with van der Waals surface area (Å²) in [6, 6.07) is 1.98. The number of aromatic nitrogens is 1. The van der Waals surface area contributed by atoms with Crippen molar-refractivity contribution in [3.05, 3.63) is 28.5 Å². The summed E-state index contributed by atoms with van der Waals surface area (Å²) >= 11 is 5.82. The standard InChI is InChI=1S/C8H10ClN.C2H6/c1-3-7-6(2)4-5-10-8(7)9;1-2/h4-5H,3H2,1-2H3;1-2H3. The third-order valence-corrected chi connectivity index (χ3v) is 1.92. The van der Waals surface area contributed by atoms with Gasteiger partial charge < -0.3 is 0 Å². The number of pyridine rings is 1. The number of aryl methyl sites for hydroxylation is 1. The highest BCUT2D eigenvalue weighted by molar-refractivity contribution is 6.30. The van der Waals surface area contributed by atoms with Gasteiger partial charge >= 0.3 is 0 Å². The van der Waals surface area contributed by atoms with E-state index in [2.05, 4.69) is 11.9 Å². The lowest BCUT2D eigenvalue weighted by molar-refractivity contribution is 1.07. The van der Waals surface area contributed by atoms with E-state index >= 15 is 0 Å². The van der Waals surface area contributed by atoms with Crippen LogP contribution in [0, 0.1) is 6.92 Å². The molecule has 1 nitrogen and oxygen atoms in total. The molecule has 1 aromatic heterocycles. The number of hydrogen-bond donors (Lipinski definition) is 0. The molecule has 0 fully saturated rings. The predicted molar refractivity (Wildman–Crippen MR) is 54.7 cm³/mol. The topological polar surface area (TPSA) is 12.9 Å². The third kappa shape index (κ3) is 2.82. The zero-order chi connectivity index (χ0) is 9.56. The van der Waals surface area contributed by atoms with Crippen molar-refractivity contribution in [3.8, 4) is 0 Å². The Labute approximate surface area is 79.8 Å². The largest absolute Gasteiger partial charge is 0.244 e. The summed E-state index contributed by atoms with van der Waals surface area (Å²) in [7, 11) is 0. The van der Waals surface area contributed by atoms with E-state index in [1.165, 1.54) is 5.56 Å². The number of rotatable bonds is 1. The van der Waals surface area contributed by atoms with E-state index < -0.39 is 0 Å². The van der Waals surface area contributed by atoms with Crippen LogP contribution in [0.5, 0.6) is 0 Å². The molecule has 0 spiro atoms. The molecule has 0 bridgehead atoms. The van der Waals surface area contributed by atoms with Crippen LogP contribution in [0.3, 0.4) is 0 Å². The first-order valence-corrected chi connectivity index (χ1v) is 4.73. The van der Waals surface area contributed by atoms with Gasteiger partial charge in [0.25, 0.3) is 0 Å². The highest BCUT2D eigenvalue weighted by Gasteiger charge is 2.00. The summed E-state index contributed by atoms with van der Waals surface area (Å²) in [4.78, 5) is 3.98. The SMILES string of the molecule is CC.CCc1c(C)ccnc1Cl. The Kier molecular flexibility index (Phi) is 5.73. The van der Waals surface area contributed by atoms with Crippen LogP contribution in [0.2, 0.25) is 5.15 Å². The normalized spacial score (nSPS) is 8.75. The smallest absolute Gasteiger partial charge is 0.132 e. The van der Waals surface area contributed by atoms with Crippen LogP contribution in [0.25, 0.3) is 0 Å². The minimum Gasteiger partial charge on any atom is -0.244 e. The van der Waals surface area contributed by atoms with Crippen molar-refractivity contribution < 1.29 is 0 Å². The molecular weight excluding hydrogens is 170 g/mol. The molecule has 0 unspecified atom stereocenters. The lowest BCUT2D eigenvalue weighted by atomic mass is 10.1. The van der Waals surface area contributed by atoms with Gasteiger partial charge in [-0.3, -0.25) is 0 Å². The molecule has 0 aliphatic carbocycles. The Bertz CT molecular complexity index is 213. The highest BCUT2D eigenvalue weighted by Crippen LogP contribution is 2.16. The van der Waals surface area contributed by atoms with Crippen LogP contribution in [0.4, 0.5) is 0 Å². The van der Waals surface area contributed by atoms with Crippen LogP contribution < -0.4 is 0 Å². The van der Waals surface area contributed by atoms with E-state index in [4.69, 9.17) is 11.6 Å². The van der Waals surface area contributed by atoms with Gasteiger partial charge in [0.1, 0.15) is 5.15 Å². The maximum atomic E-state index is 5.82. The fourth-order valence-corrected chi connectivity index (χ4v) is 1.32. The van der Waals surface area contributed by atoms with Crippen molar-refractivity contribution in [2.75, 3.05) is 0 Å². The molecule has 12 heavy (non-hydrogen) atoms. The summed E-state index contributed by atoms with van der Waals surface area (Å²) in [5, 5.41) is 0.641. The number of halogens is 1. The Morgan fingerprint density at radius 1 is 1.42 bits per heavy atom. The molecule has 0 aliphatic heterocycles. The first-order chi connectivity index (χ1) is 5.75. The average molecular weight is 186 g/mol. The molecule has 0 aromatic carbocycles. The lowest BCUT2D eigenvalue weighted by Gasteiger charge is -2.01. The van der Waals surface area contributed by atoms with Crippen LogP contribution in [0.1, 0.15) is 31.9 Å². The number of nitrogens with zero attached hydrogens (tertiary/aromatic N) is 1. The molecule has 0 N–H and O–H groups in total. The molecular formula is C10H16ClN. The predicted octanol–water partition coefficient (Wildman–Crippen LogP) is 3.63. The third-order valence-electron chi connectivity index (χ3n) is 1.59. The summed E-state index contributed by atoms with van der Waals surface area (Å²) in [5.41, 5.74) is 2.38. The van der Waals surface area contributed by atoms with Gasteiger partial charge in [0.05, 0.1) is 0 Å². The average Bonchev–Trinajstić information content (AvgIpc) is 2.08. The summed E-state index contributed by atoms with van der Waals surface area (Å²) in [6.45, 7) is 8.13. The van der Waals surface area contributed by atoms with Crippen LogP contribution in [-0.4, -0.2) is 4.98 Å². The van der Waals surface area contributed by atoms with Crippen LogP contribution in [0.15, 0.2) is 12.3 Å². The van der Waals surface area contributed by atoms with E-state index in [1.807, 2.05) is 26.8 Å². The summed E-state index contributed by atoms with van der Waals surface area (Å²) < 4.78 is 0. The minimum atomic E-state index is 0.641. The number of hydrogen-bond acceptors (Lipinski definition) is 1. The summed E-state index contributed by atoms with van der Waals surface area (Å²) in [5.74, 6) is 0. The van der Waals surface area contributed by atoms with Gasteiger partial charge in [0.15, 0.2) is 0 Å². The zero-order valence-electron chi connectivity index (χ0n) is 8.19. The van der Waals surface area contributed by atoms with Gasteiger partial charge in [-0.25, -0.2) is 4.98 Å². The second-order valence-electron chi connectivity index (χ2n) is 2.25. The molecule has 1 aromatic rings. The quantitative estimate of drug-likeness (QED) is 0.609. The van der Waals surface area contributed by atoms with Crippen molar-refractivity contribution in [3.63, 3.8) is 0 Å². The van der Waals surface area contributed by atoms with Crippen molar-refractivity contribution in [1.82, 2.24) is 4.98 Å². The molecule has 0 aliphatic rings. The van der Waals surface area contributed by atoms with E-state index in [-0.39, 0.29) is 0 Å². The fourth-order valence-electron chi connectivity index (χ4n) is 0.980. The molecule has 0 amide bonds. The van der Waals surface area contributed by atoms with Crippen molar-refractivity contribution in [2.24, 2.45) is 0 Å². The van der Waals surface area contributed by atoms with Gasteiger partial charge in [-0.15, -0.1) is 0 Å². The summed E-state index contributed by atoms with van der Waals surface area (Å²) in [6.07, 6.45) is 2.69. The van der Waals surface area contributed by atoms with E-state index in [9.17, 15) is 0 Å². The molecule has 0 atom stereocenters. The molecule has 68 valence electrons. The second-order valence-corrected chi connectivity index (χ2v) is 2.61. The highest BCUT2D eigenvalue weighted by atomic mass is 35.5. The van der Waals surface area contributed by atoms with Gasteiger partial charge in [-0.05, 0) is 30.5 Å². The zero-order valence-corrected chi connectivity index (χ0v) is 8.94. The maximum Gasteiger partial charge on any atom is 0.132 e. The Morgan fingerprint density at radius 3 is 2.33 bits per heavy atom. The second kappa shape index (κ2) is 6.01. The minimum absolute atomic E-state index is 0.641. The van der Waals surface area contributed by atoms with Gasteiger partial charge in [0.2, 0.25) is 0 Å². The van der Waals surface area contributed by atoms with Crippen molar-refractivity contribution in [1.29, 1.82) is 0 Å². The van der Waals surface area contributed by atoms with Crippen molar-refractivity contribution >= 4 is 11.6 Å². The molecule has 0 saturated carbocycles. The Balaban J connectivity index is 0.000000561. The first kappa shape index (κ1) is 11.4.